The molecule has 1 atom stereocenters. The third kappa shape index (κ3) is 2.76. The number of nitrogens with one attached hydrogen (secondary N) is 1. The smallest absolute Gasteiger partial charge is 0.329 e. The second kappa shape index (κ2) is 5.46. The van der Waals surface area contributed by atoms with Crippen LogP contribution in [0.2, 0.25) is 5.15 Å². The number of aromatic nitrogens is 2. The number of hydrogen-bond acceptors (Lipinski definition) is 3. The first-order chi connectivity index (χ1) is 7.90. The van der Waals surface area contributed by atoms with Crippen molar-refractivity contribution in [2.24, 2.45) is 5.92 Å². The highest BCUT2D eigenvalue weighted by Gasteiger charge is 2.22. The second-order valence-electron chi connectivity index (χ2n) is 4.00. The molecule has 0 aliphatic heterocycles. The van der Waals surface area contributed by atoms with Gasteiger partial charge in [-0.25, -0.2) is 4.79 Å². The predicted octanol–water partition coefficient (Wildman–Crippen LogP) is 1.17. The molecule has 17 heavy (non-hydrogen) atoms. The standard InChI is InChI=1S/C10H14ClFN2O3/c1-5(2)6(4-17-3)14-9(15)7(12)8(11)13-10(14)16/h5-6H,4H2,1-3H3,(H,13,16). The summed E-state index contributed by atoms with van der Waals surface area (Å²) in [6, 6.07) is -0.539. The first-order valence-corrected chi connectivity index (χ1v) is 5.46. The molecule has 0 amide bonds. The molecule has 0 spiro atoms. The van der Waals surface area contributed by atoms with Crippen molar-refractivity contribution in [3.8, 4) is 0 Å². The van der Waals surface area contributed by atoms with Gasteiger partial charge in [-0.3, -0.25) is 14.3 Å². The zero-order valence-electron chi connectivity index (χ0n) is 9.79. The summed E-state index contributed by atoms with van der Waals surface area (Å²) in [5, 5.41) is -0.573. The van der Waals surface area contributed by atoms with Crippen molar-refractivity contribution < 1.29 is 9.13 Å². The van der Waals surface area contributed by atoms with Crippen LogP contribution in [0.3, 0.4) is 0 Å². The van der Waals surface area contributed by atoms with E-state index in [0.29, 0.717) is 0 Å². The summed E-state index contributed by atoms with van der Waals surface area (Å²) < 4.78 is 19.1. The molecular formula is C10H14ClFN2O3. The maximum absolute atomic E-state index is 13.4. The fourth-order valence-corrected chi connectivity index (χ4v) is 1.70. The van der Waals surface area contributed by atoms with Gasteiger partial charge in [-0.05, 0) is 5.92 Å². The molecule has 0 radical (unpaired) electrons. The van der Waals surface area contributed by atoms with Crippen molar-refractivity contribution in [3.63, 3.8) is 0 Å². The molecule has 0 fully saturated rings. The van der Waals surface area contributed by atoms with Gasteiger partial charge in [0.25, 0.3) is 5.56 Å². The van der Waals surface area contributed by atoms with Crippen LogP contribution in [0.5, 0.6) is 0 Å². The number of nitrogens with zero attached hydrogens (tertiary/aromatic N) is 1. The van der Waals surface area contributed by atoms with Crippen LogP contribution in [0.4, 0.5) is 4.39 Å². The molecule has 1 unspecified atom stereocenters. The molecule has 1 aromatic heterocycles. The van der Waals surface area contributed by atoms with Crippen LogP contribution in [-0.2, 0) is 4.74 Å². The lowest BCUT2D eigenvalue weighted by molar-refractivity contribution is 0.128. The number of methoxy groups -OCH3 is 1. The van der Waals surface area contributed by atoms with E-state index in [9.17, 15) is 14.0 Å². The van der Waals surface area contributed by atoms with Gasteiger partial charge in [-0.1, -0.05) is 25.4 Å². The zero-order chi connectivity index (χ0) is 13.2. The summed E-state index contributed by atoms with van der Waals surface area (Å²) in [7, 11) is 1.45. The van der Waals surface area contributed by atoms with Gasteiger partial charge < -0.3 is 4.74 Å². The van der Waals surface area contributed by atoms with Gasteiger partial charge >= 0.3 is 5.69 Å². The minimum Gasteiger partial charge on any atom is -0.383 e. The van der Waals surface area contributed by atoms with Crippen LogP contribution in [0, 0.1) is 11.7 Å². The lowest BCUT2D eigenvalue weighted by Crippen LogP contribution is -2.43. The van der Waals surface area contributed by atoms with Crippen LogP contribution in [0.15, 0.2) is 9.59 Å². The molecular weight excluding hydrogens is 251 g/mol. The number of hydrogen-bond donors (Lipinski definition) is 1. The van der Waals surface area contributed by atoms with Gasteiger partial charge in [0.15, 0.2) is 5.15 Å². The number of aromatic amines is 1. The summed E-state index contributed by atoms with van der Waals surface area (Å²) in [6.45, 7) is 3.76. The van der Waals surface area contributed by atoms with E-state index in [1.165, 1.54) is 7.11 Å². The van der Waals surface area contributed by atoms with E-state index in [2.05, 4.69) is 4.98 Å². The first kappa shape index (κ1) is 13.9. The largest absolute Gasteiger partial charge is 0.383 e. The number of H-pyrrole nitrogens is 1. The fourth-order valence-electron chi connectivity index (χ4n) is 1.54. The average Bonchev–Trinajstić information content (AvgIpc) is 2.24. The number of ether oxygens (including phenoxy) is 1. The molecule has 0 saturated heterocycles. The van der Waals surface area contributed by atoms with E-state index < -0.39 is 28.3 Å². The van der Waals surface area contributed by atoms with E-state index in [-0.39, 0.29) is 12.5 Å². The normalized spacial score (nSPS) is 13.1. The summed E-state index contributed by atoms with van der Waals surface area (Å²) >= 11 is 5.38. The Bertz CT molecular complexity index is 509. The van der Waals surface area contributed by atoms with Gasteiger partial charge in [0.2, 0.25) is 5.82 Å². The third-order valence-electron chi connectivity index (χ3n) is 2.47. The highest BCUT2D eigenvalue weighted by molar-refractivity contribution is 6.29. The molecule has 1 N–H and O–H groups in total. The topological polar surface area (TPSA) is 64.1 Å². The maximum atomic E-state index is 13.4. The molecule has 96 valence electrons. The molecule has 7 heteroatoms. The van der Waals surface area contributed by atoms with Crippen molar-refractivity contribution in [2.75, 3.05) is 13.7 Å². The summed E-state index contributed by atoms with van der Waals surface area (Å²) in [4.78, 5) is 25.4. The van der Waals surface area contributed by atoms with Crippen molar-refractivity contribution in [1.82, 2.24) is 9.55 Å². The minimum absolute atomic E-state index is 0.0608. The fraction of sp³-hybridized carbons (Fsp3) is 0.600. The predicted molar refractivity (Wildman–Crippen MR) is 62.0 cm³/mol. The Balaban J connectivity index is 3.44. The van der Waals surface area contributed by atoms with Crippen LogP contribution >= 0.6 is 11.6 Å². The molecule has 0 aliphatic rings. The van der Waals surface area contributed by atoms with Gasteiger partial charge in [-0.2, -0.15) is 4.39 Å². The maximum Gasteiger partial charge on any atom is 0.329 e. The molecule has 0 aliphatic carbocycles. The van der Waals surface area contributed by atoms with Crippen LogP contribution in [-0.4, -0.2) is 23.3 Å². The van der Waals surface area contributed by atoms with Gasteiger partial charge in [0, 0.05) is 7.11 Å². The Hall–Kier alpha value is -1.14. The summed E-state index contributed by atoms with van der Waals surface area (Å²) in [6.07, 6.45) is 0. The van der Waals surface area contributed by atoms with E-state index in [0.717, 1.165) is 4.57 Å². The Morgan fingerprint density at radius 3 is 2.53 bits per heavy atom. The van der Waals surface area contributed by atoms with Crippen molar-refractivity contribution in [3.05, 3.63) is 31.8 Å². The van der Waals surface area contributed by atoms with E-state index in [1.54, 1.807) is 0 Å². The molecule has 5 nitrogen and oxygen atoms in total. The molecule has 0 aromatic carbocycles. The molecule has 1 heterocycles. The second-order valence-corrected chi connectivity index (χ2v) is 4.38. The molecule has 0 saturated carbocycles. The van der Waals surface area contributed by atoms with Crippen molar-refractivity contribution in [1.29, 1.82) is 0 Å². The Morgan fingerprint density at radius 2 is 2.06 bits per heavy atom. The van der Waals surface area contributed by atoms with Gasteiger partial charge in [0.1, 0.15) is 0 Å². The highest BCUT2D eigenvalue weighted by Crippen LogP contribution is 2.15. The third-order valence-corrected chi connectivity index (χ3v) is 2.73. The zero-order valence-corrected chi connectivity index (χ0v) is 10.5. The summed E-state index contributed by atoms with van der Waals surface area (Å²) in [5.74, 6) is -1.22. The molecule has 0 bridgehead atoms. The SMILES string of the molecule is COCC(C(C)C)n1c(=O)[nH]c(Cl)c(F)c1=O. The van der Waals surface area contributed by atoms with E-state index >= 15 is 0 Å². The van der Waals surface area contributed by atoms with Crippen molar-refractivity contribution >= 4 is 11.6 Å². The first-order valence-electron chi connectivity index (χ1n) is 5.08. The van der Waals surface area contributed by atoms with Gasteiger partial charge in [-0.15, -0.1) is 0 Å². The van der Waals surface area contributed by atoms with Crippen molar-refractivity contribution in [2.45, 2.75) is 19.9 Å². The lowest BCUT2D eigenvalue weighted by atomic mass is 10.1. The van der Waals surface area contributed by atoms with Gasteiger partial charge in [0.05, 0.1) is 12.6 Å². The quantitative estimate of drug-likeness (QED) is 0.831. The minimum atomic E-state index is -1.16. The highest BCUT2D eigenvalue weighted by atomic mass is 35.5. The Labute approximate surface area is 102 Å². The Morgan fingerprint density at radius 1 is 1.47 bits per heavy atom. The van der Waals surface area contributed by atoms with E-state index in [1.807, 2.05) is 13.8 Å². The van der Waals surface area contributed by atoms with Crippen LogP contribution in [0.1, 0.15) is 19.9 Å². The Kier molecular flexibility index (Phi) is 4.47. The monoisotopic (exact) mass is 264 g/mol. The summed E-state index contributed by atoms with van der Waals surface area (Å²) in [5.41, 5.74) is -1.77. The lowest BCUT2D eigenvalue weighted by Gasteiger charge is -2.21. The molecule has 1 rings (SSSR count). The number of halogens is 2. The van der Waals surface area contributed by atoms with E-state index in [4.69, 9.17) is 16.3 Å². The van der Waals surface area contributed by atoms with Crippen LogP contribution in [0.25, 0.3) is 0 Å². The average molecular weight is 265 g/mol. The van der Waals surface area contributed by atoms with Crippen LogP contribution < -0.4 is 11.2 Å². The molecule has 1 aromatic rings. The number of rotatable bonds is 4.